The number of hydrogen-bond donors (Lipinski definition) is 0. The molecule has 0 N–H and O–H groups in total. The minimum Gasteiger partial charge on any atom is -0.493 e. The van der Waals surface area contributed by atoms with Crippen molar-refractivity contribution < 1.29 is 14.2 Å². The summed E-state index contributed by atoms with van der Waals surface area (Å²) in [5, 5.41) is 0. The van der Waals surface area contributed by atoms with Crippen LogP contribution in [0, 0.1) is 6.92 Å². The highest BCUT2D eigenvalue weighted by Crippen LogP contribution is 2.30. The third-order valence-electron chi connectivity index (χ3n) is 3.55. The first-order valence-corrected chi connectivity index (χ1v) is 7.13. The van der Waals surface area contributed by atoms with Gasteiger partial charge in [0.1, 0.15) is 0 Å². The Bertz CT molecular complexity index is 484. The number of nitrogens with zero attached hydrogens (tertiary/aromatic N) is 1. The molecule has 0 bridgehead atoms. The topological polar surface area (TPSA) is 30.9 Å². The lowest BCUT2D eigenvalue weighted by molar-refractivity contribution is 0.0684. The number of morpholine rings is 1. The highest BCUT2D eigenvalue weighted by Gasteiger charge is 2.16. The summed E-state index contributed by atoms with van der Waals surface area (Å²) >= 11 is 5.55. The van der Waals surface area contributed by atoms with Crippen LogP contribution < -0.4 is 9.47 Å². The van der Waals surface area contributed by atoms with Crippen molar-refractivity contribution in [3.63, 3.8) is 0 Å². The number of thiocarbonyl (C=S) groups is 1. The van der Waals surface area contributed by atoms with E-state index in [2.05, 4.69) is 11.8 Å². The maximum Gasteiger partial charge on any atom is 0.161 e. The van der Waals surface area contributed by atoms with Crippen LogP contribution in [0.2, 0.25) is 0 Å². The predicted octanol–water partition coefficient (Wildman–Crippen LogP) is 2.21. The van der Waals surface area contributed by atoms with Gasteiger partial charge in [0.2, 0.25) is 0 Å². The van der Waals surface area contributed by atoms with Gasteiger partial charge in [-0.1, -0.05) is 12.2 Å². The van der Waals surface area contributed by atoms with Crippen LogP contribution in [0.25, 0.3) is 0 Å². The summed E-state index contributed by atoms with van der Waals surface area (Å²) in [4.78, 5) is 3.18. The summed E-state index contributed by atoms with van der Waals surface area (Å²) in [5.41, 5.74) is 2.34. The van der Waals surface area contributed by atoms with Crippen LogP contribution in [0.1, 0.15) is 11.1 Å². The van der Waals surface area contributed by atoms with Gasteiger partial charge in [0.25, 0.3) is 0 Å². The molecular weight excluding hydrogens is 274 g/mol. The molecule has 0 saturated carbocycles. The highest BCUT2D eigenvalue weighted by molar-refractivity contribution is 7.80. The van der Waals surface area contributed by atoms with Crippen LogP contribution in [-0.4, -0.2) is 50.4 Å². The average Bonchev–Trinajstić information content (AvgIpc) is 2.49. The first kappa shape index (κ1) is 15.1. The largest absolute Gasteiger partial charge is 0.493 e. The summed E-state index contributed by atoms with van der Waals surface area (Å²) in [6.07, 6.45) is 0.752. The lowest BCUT2D eigenvalue weighted by atomic mass is 10.0. The lowest BCUT2D eigenvalue weighted by Gasteiger charge is -2.29. The smallest absolute Gasteiger partial charge is 0.161 e. The van der Waals surface area contributed by atoms with Crippen LogP contribution >= 0.6 is 12.2 Å². The van der Waals surface area contributed by atoms with Crippen molar-refractivity contribution in [3.05, 3.63) is 23.3 Å². The molecule has 0 unspecified atom stereocenters. The zero-order valence-corrected chi connectivity index (χ0v) is 13.1. The summed E-state index contributed by atoms with van der Waals surface area (Å²) < 4.78 is 16.0. The fraction of sp³-hybridized carbons (Fsp3) is 0.533. The van der Waals surface area contributed by atoms with Gasteiger partial charge in [-0.15, -0.1) is 0 Å². The van der Waals surface area contributed by atoms with Crippen LogP contribution in [0.15, 0.2) is 12.1 Å². The van der Waals surface area contributed by atoms with Gasteiger partial charge in [-0.2, -0.15) is 0 Å². The molecule has 0 aromatic heterocycles. The monoisotopic (exact) mass is 295 g/mol. The quantitative estimate of drug-likeness (QED) is 0.795. The molecule has 1 saturated heterocycles. The second-order valence-electron chi connectivity index (χ2n) is 4.80. The van der Waals surface area contributed by atoms with Gasteiger partial charge < -0.3 is 19.1 Å². The molecule has 2 rings (SSSR count). The van der Waals surface area contributed by atoms with Crippen molar-refractivity contribution in [1.82, 2.24) is 4.90 Å². The summed E-state index contributed by atoms with van der Waals surface area (Å²) in [5.74, 6) is 1.50. The highest BCUT2D eigenvalue weighted by atomic mass is 32.1. The van der Waals surface area contributed by atoms with E-state index in [1.807, 2.05) is 12.1 Å². The van der Waals surface area contributed by atoms with E-state index in [4.69, 9.17) is 26.4 Å². The van der Waals surface area contributed by atoms with E-state index >= 15 is 0 Å². The predicted molar refractivity (Wildman–Crippen MR) is 83.0 cm³/mol. The van der Waals surface area contributed by atoms with Crippen LogP contribution in [0.5, 0.6) is 11.5 Å². The Morgan fingerprint density at radius 3 is 2.40 bits per heavy atom. The normalized spacial score (nSPS) is 15.1. The van der Waals surface area contributed by atoms with Gasteiger partial charge in [-0.3, -0.25) is 0 Å². The van der Waals surface area contributed by atoms with Crippen molar-refractivity contribution in [2.75, 3.05) is 40.5 Å². The molecule has 110 valence electrons. The second kappa shape index (κ2) is 6.90. The van der Waals surface area contributed by atoms with Crippen LogP contribution in [0.4, 0.5) is 0 Å². The van der Waals surface area contributed by atoms with Crippen molar-refractivity contribution >= 4 is 17.2 Å². The SMILES string of the molecule is COc1cc(C)c(CC(=S)N2CCOCC2)cc1OC. The third-order valence-corrected chi connectivity index (χ3v) is 3.95. The van der Waals surface area contributed by atoms with Crippen molar-refractivity contribution in [1.29, 1.82) is 0 Å². The van der Waals surface area contributed by atoms with Crippen molar-refractivity contribution in [2.45, 2.75) is 13.3 Å². The van der Waals surface area contributed by atoms with Gasteiger partial charge in [-0.05, 0) is 30.2 Å². The minimum absolute atomic E-state index is 0.748. The van der Waals surface area contributed by atoms with Crippen LogP contribution in [0.3, 0.4) is 0 Å². The van der Waals surface area contributed by atoms with Gasteiger partial charge in [0, 0.05) is 19.5 Å². The van der Waals surface area contributed by atoms with E-state index < -0.39 is 0 Å². The number of hydrogen-bond acceptors (Lipinski definition) is 4. The van der Waals surface area contributed by atoms with E-state index in [9.17, 15) is 0 Å². The maximum absolute atomic E-state index is 5.55. The van der Waals surface area contributed by atoms with Gasteiger partial charge in [-0.25, -0.2) is 0 Å². The van der Waals surface area contributed by atoms with E-state index in [0.717, 1.165) is 49.2 Å². The van der Waals surface area contributed by atoms with Gasteiger partial charge in [0.05, 0.1) is 32.4 Å². The van der Waals surface area contributed by atoms with Gasteiger partial charge >= 0.3 is 0 Å². The third kappa shape index (κ3) is 3.41. The molecule has 20 heavy (non-hydrogen) atoms. The van der Waals surface area contributed by atoms with Crippen molar-refractivity contribution in [2.24, 2.45) is 0 Å². The fourth-order valence-corrected chi connectivity index (χ4v) is 2.64. The number of ether oxygens (including phenoxy) is 3. The summed E-state index contributed by atoms with van der Waals surface area (Å²) in [6, 6.07) is 4.01. The first-order valence-electron chi connectivity index (χ1n) is 6.72. The average molecular weight is 295 g/mol. The number of aryl methyl sites for hydroxylation is 1. The Kier molecular flexibility index (Phi) is 5.20. The first-order chi connectivity index (χ1) is 9.65. The molecule has 1 aliphatic rings. The minimum atomic E-state index is 0.748. The molecule has 0 radical (unpaired) electrons. The van der Waals surface area contributed by atoms with E-state index in [0.29, 0.717) is 0 Å². The Morgan fingerprint density at radius 1 is 1.20 bits per heavy atom. The molecular formula is C15H21NO3S. The molecule has 1 aromatic carbocycles. The van der Waals surface area contributed by atoms with Crippen LogP contribution in [-0.2, 0) is 11.2 Å². The molecule has 1 fully saturated rings. The Hall–Kier alpha value is -1.33. The molecule has 1 aromatic rings. The van der Waals surface area contributed by atoms with Crippen molar-refractivity contribution in [3.8, 4) is 11.5 Å². The summed E-state index contributed by atoms with van der Waals surface area (Å²) in [7, 11) is 3.30. The number of benzene rings is 1. The zero-order valence-electron chi connectivity index (χ0n) is 12.3. The molecule has 0 spiro atoms. The molecule has 0 atom stereocenters. The maximum atomic E-state index is 5.55. The second-order valence-corrected chi connectivity index (χ2v) is 5.27. The fourth-order valence-electron chi connectivity index (χ4n) is 2.30. The molecule has 0 amide bonds. The Labute approximate surface area is 125 Å². The van der Waals surface area contributed by atoms with E-state index in [1.54, 1.807) is 14.2 Å². The molecule has 5 heteroatoms. The molecule has 4 nitrogen and oxygen atoms in total. The standard InChI is InChI=1S/C15H21NO3S/c1-11-8-13(17-2)14(18-3)9-12(11)10-15(20)16-4-6-19-7-5-16/h8-9H,4-7,10H2,1-3H3. The lowest BCUT2D eigenvalue weighted by Crippen LogP contribution is -2.40. The van der Waals surface area contributed by atoms with Gasteiger partial charge in [0.15, 0.2) is 11.5 Å². The Balaban J connectivity index is 2.13. The molecule has 1 aliphatic heterocycles. The molecule has 1 heterocycles. The Morgan fingerprint density at radius 2 is 1.80 bits per heavy atom. The number of rotatable bonds is 4. The van der Waals surface area contributed by atoms with E-state index in [1.165, 1.54) is 11.1 Å². The van der Waals surface area contributed by atoms with E-state index in [-0.39, 0.29) is 0 Å². The zero-order chi connectivity index (χ0) is 14.5. The summed E-state index contributed by atoms with van der Waals surface area (Å²) in [6.45, 7) is 5.34. The number of methoxy groups -OCH3 is 2. The molecule has 0 aliphatic carbocycles.